The van der Waals surface area contributed by atoms with E-state index in [1.165, 1.54) is 0 Å². The first-order valence-corrected chi connectivity index (χ1v) is 12.0. The highest BCUT2D eigenvalue weighted by atomic mass is 16.5. The third-order valence-corrected chi connectivity index (χ3v) is 5.67. The Bertz CT molecular complexity index is 1340. The lowest BCUT2D eigenvalue weighted by atomic mass is 9.99. The van der Waals surface area contributed by atoms with Gasteiger partial charge in [0.25, 0.3) is 5.91 Å². The summed E-state index contributed by atoms with van der Waals surface area (Å²) in [5, 5.41) is 37.1. The molecule has 0 bridgehead atoms. The molecule has 0 heterocycles. The van der Waals surface area contributed by atoms with Gasteiger partial charge in [-0.2, -0.15) is 0 Å². The van der Waals surface area contributed by atoms with E-state index in [2.05, 4.69) is 15.8 Å². The van der Waals surface area contributed by atoms with Crippen LogP contribution in [0.15, 0.2) is 59.8 Å². The van der Waals surface area contributed by atoms with E-state index in [9.17, 15) is 19.8 Å². The number of hydrogen-bond donors (Lipinski definition) is 6. The lowest BCUT2D eigenvalue weighted by Gasteiger charge is -2.20. The summed E-state index contributed by atoms with van der Waals surface area (Å²) in [6, 6.07) is 15.3. The van der Waals surface area contributed by atoms with E-state index in [0.717, 1.165) is 5.56 Å². The number of hydrogen-bond acceptors (Lipinski definition) is 7. The minimum Gasteiger partial charge on any atom is -0.491 e. The fraction of sp³-hybridized carbons (Fsp3) is 0.250. The average molecular weight is 521 g/mol. The van der Waals surface area contributed by atoms with Gasteiger partial charge in [0.1, 0.15) is 5.75 Å². The molecule has 0 spiro atoms. The van der Waals surface area contributed by atoms with Gasteiger partial charge in [-0.25, -0.2) is 0 Å². The molecule has 0 aliphatic rings. The Morgan fingerprint density at radius 1 is 1.08 bits per heavy atom. The normalized spacial score (nSPS) is 11.3. The molecule has 0 saturated heterocycles. The summed E-state index contributed by atoms with van der Waals surface area (Å²) in [4.78, 5) is 24.8. The van der Waals surface area contributed by atoms with Crippen LogP contribution in [0.1, 0.15) is 52.0 Å². The van der Waals surface area contributed by atoms with Gasteiger partial charge in [-0.15, -0.1) is 0 Å². The topological polar surface area (TPSA) is 166 Å². The number of amides is 1. The van der Waals surface area contributed by atoms with Gasteiger partial charge in [0, 0.05) is 29.0 Å². The number of nitrogens with one attached hydrogen (secondary N) is 2. The highest BCUT2D eigenvalue weighted by Gasteiger charge is 2.18. The number of nitrogens with two attached hydrogens (primary N) is 1. The Kier molecular flexibility index (Phi) is 9.28. The number of rotatable bonds is 11. The molecule has 0 atom stereocenters. The summed E-state index contributed by atoms with van der Waals surface area (Å²) >= 11 is 0. The fourth-order valence-electron chi connectivity index (χ4n) is 3.90. The first-order valence-electron chi connectivity index (χ1n) is 12.0. The molecular formula is C28H32N4O6. The van der Waals surface area contributed by atoms with Crippen molar-refractivity contribution in [3.63, 3.8) is 0 Å². The smallest absolute Gasteiger partial charge is 0.307 e. The summed E-state index contributed by atoms with van der Waals surface area (Å²) in [7, 11) is 0. The zero-order valence-electron chi connectivity index (χ0n) is 21.5. The van der Waals surface area contributed by atoms with Gasteiger partial charge in [-0.1, -0.05) is 22.9 Å². The van der Waals surface area contributed by atoms with E-state index in [4.69, 9.17) is 15.7 Å². The number of nitrogens with zero attached hydrogens (tertiary/aromatic N) is 1. The third-order valence-electron chi connectivity index (χ3n) is 5.67. The molecule has 3 aromatic rings. The van der Waals surface area contributed by atoms with Gasteiger partial charge in [-0.3, -0.25) is 9.59 Å². The van der Waals surface area contributed by atoms with Gasteiger partial charge in [0.15, 0.2) is 5.84 Å². The van der Waals surface area contributed by atoms with Gasteiger partial charge >= 0.3 is 5.97 Å². The Morgan fingerprint density at radius 2 is 1.79 bits per heavy atom. The number of anilines is 2. The maximum atomic E-state index is 13.2. The molecule has 38 heavy (non-hydrogen) atoms. The molecule has 0 saturated carbocycles. The maximum Gasteiger partial charge on any atom is 0.307 e. The Morgan fingerprint density at radius 3 is 2.39 bits per heavy atom. The van der Waals surface area contributed by atoms with Crippen LogP contribution < -0.4 is 21.1 Å². The second-order valence-corrected chi connectivity index (χ2v) is 9.05. The number of aliphatic hydroxyl groups is 1. The van der Waals surface area contributed by atoms with Crippen LogP contribution in [0.3, 0.4) is 0 Å². The summed E-state index contributed by atoms with van der Waals surface area (Å²) in [5.41, 5.74) is 10.2. The van der Waals surface area contributed by atoms with Gasteiger partial charge in [-0.05, 0) is 74.4 Å². The Hall–Kier alpha value is -4.57. The average Bonchev–Trinajstić information content (AvgIpc) is 2.88. The van der Waals surface area contributed by atoms with E-state index in [0.29, 0.717) is 44.9 Å². The summed E-state index contributed by atoms with van der Waals surface area (Å²) in [5.74, 6) is -0.998. The minimum absolute atomic E-state index is 0.0393. The van der Waals surface area contributed by atoms with Crippen LogP contribution in [0.25, 0.3) is 0 Å². The standard InChI is InChI=1S/C28H32N4O6/c1-16(2)38-25-12-18(15-33)11-20(22(25)13-26(34)35)14-30-24-9-4-17(3)10-23(24)28(36)31-21-7-5-19(6-8-21)27(29)32-37/h4-12,16,30,33,37H,13-15H2,1-3H3,(H2,29,32)(H,31,36)(H,34,35). The van der Waals surface area contributed by atoms with Gasteiger partial charge < -0.3 is 36.5 Å². The highest BCUT2D eigenvalue weighted by molar-refractivity contribution is 6.08. The molecule has 0 aromatic heterocycles. The van der Waals surface area contributed by atoms with Crippen molar-refractivity contribution in [3.8, 4) is 5.75 Å². The fourth-order valence-corrected chi connectivity index (χ4v) is 3.90. The number of ether oxygens (including phenoxy) is 1. The first-order chi connectivity index (χ1) is 18.1. The molecule has 3 rings (SSSR count). The van der Waals surface area contributed by atoms with Crippen molar-refractivity contribution in [2.24, 2.45) is 10.9 Å². The van der Waals surface area contributed by atoms with Gasteiger partial charge in [0.2, 0.25) is 0 Å². The minimum atomic E-state index is -1.01. The van der Waals surface area contributed by atoms with Crippen LogP contribution in [-0.2, 0) is 24.4 Å². The van der Waals surface area contributed by atoms with Crippen LogP contribution in [-0.4, -0.2) is 39.2 Å². The molecule has 0 radical (unpaired) electrons. The van der Waals surface area contributed by atoms with Crippen molar-refractivity contribution >= 4 is 29.1 Å². The van der Waals surface area contributed by atoms with E-state index >= 15 is 0 Å². The van der Waals surface area contributed by atoms with Crippen molar-refractivity contribution in [3.05, 3.63) is 88.0 Å². The van der Waals surface area contributed by atoms with Crippen LogP contribution >= 0.6 is 0 Å². The van der Waals surface area contributed by atoms with Crippen molar-refractivity contribution in [2.45, 2.75) is 46.4 Å². The number of aliphatic carboxylic acids is 1. The van der Waals surface area contributed by atoms with Crippen molar-refractivity contribution in [1.29, 1.82) is 0 Å². The predicted molar refractivity (Wildman–Crippen MR) is 145 cm³/mol. The summed E-state index contributed by atoms with van der Waals surface area (Å²) in [6.07, 6.45) is -0.445. The van der Waals surface area contributed by atoms with Gasteiger partial charge in [0.05, 0.1) is 24.7 Å². The molecule has 0 aliphatic carbocycles. The monoisotopic (exact) mass is 520 g/mol. The van der Waals surface area contributed by atoms with Crippen LogP contribution in [0.5, 0.6) is 5.75 Å². The number of carbonyl (C=O) groups is 2. The first kappa shape index (κ1) is 28.0. The molecule has 0 unspecified atom stereocenters. The lowest BCUT2D eigenvalue weighted by Crippen LogP contribution is -2.17. The summed E-state index contributed by atoms with van der Waals surface area (Å²) in [6.45, 7) is 5.52. The van der Waals surface area contributed by atoms with E-state index in [1.54, 1.807) is 48.5 Å². The quantitative estimate of drug-likeness (QED) is 0.0959. The van der Waals surface area contributed by atoms with Crippen LogP contribution in [0.2, 0.25) is 0 Å². The summed E-state index contributed by atoms with van der Waals surface area (Å²) < 4.78 is 5.86. The lowest BCUT2D eigenvalue weighted by molar-refractivity contribution is -0.136. The number of aryl methyl sites for hydroxylation is 1. The van der Waals surface area contributed by atoms with Crippen molar-refractivity contribution in [1.82, 2.24) is 0 Å². The number of carboxylic acid groups (broad SMARTS) is 1. The van der Waals surface area contributed by atoms with E-state index in [1.807, 2.05) is 26.8 Å². The molecule has 1 amide bonds. The number of aliphatic hydroxyl groups excluding tert-OH is 1. The largest absolute Gasteiger partial charge is 0.491 e. The molecule has 7 N–H and O–H groups in total. The van der Waals surface area contributed by atoms with Crippen molar-refractivity contribution < 1.29 is 29.7 Å². The molecule has 200 valence electrons. The highest BCUT2D eigenvalue weighted by Crippen LogP contribution is 2.29. The molecule has 0 fully saturated rings. The molecule has 10 nitrogen and oxygen atoms in total. The number of benzene rings is 3. The predicted octanol–water partition coefficient (Wildman–Crippen LogP) is 3.86. The SMILES string of the molecule is Cc1ccc(NCc2cc(CO)cc(OC(C)C)c2CC(=O)O)c(C(=O)Nc2ccc(/C(N)=N/O)cc2)c1. The Labute approximate surface area is 220 Å². The molecule has 0 aliphatic heterocycles. The molecule has 3 aromatic carbocycles. The third kappa shape index (κ3) is 7.23. The van der Waals surface area contributed by atoms with Crippen LogP contribution in [0.4, 0.5) is 11.4 Å². The number of carbonyl (C=O) groups excluding carboxylic acids is 1. The maximum absolute atomic E-state index is 13.2. The van der Waals surface area contributed by atoms with E-state index in [-0.39, 0.29) is 37.4 Å². The zero-order chi connectivity index (χ0) is 27.8. The molecular weight excluding hydrogens is 488 g/mol. The van der Waals surface area contributed by atoms with Crippen LogP contribution in [0, 0.1) is 6.92 Å². The van der Waals surface area contributed by atoms with E-state index < -0.39 is 5.97 Å². The number of amidine groups is 1. The molecule has 10 heteroatoms. The Balaban J connectivity index is 1.89. The second kappa shape index (κ2) is 12.6. The number of carboxylic acids is 1. The zero-order valence-corrected chi connectivity index (χ0v) is 21.5. The van der Waals surface area contributed by atoms with Crippen molar-refractivity contribution in [2.75, 3.05) is 10.6 Å². The number of oxime groups is 1. The second-order valence-electron chi connectivity index (χ2n) is 9.05.